The number of methoxy groups -OCH3 is 1. The van der Waals surface area contributed by atoms with Crippen LogP contribution in [0.25, 0.3) is 11.6 Å². The summed E-state index contributed by atoms with van der Waals surface area (Å²) in [6, 6.07) is 10.8. The number of aliphatic hydroxyl groups excluding tert-OH is 1. The second-order valence-electron chi connectivity index (χ2n) is 6.16. The number of rotatable bonds is 3. The highest BCUT2D eigenvalue weighted by Gasteiger charge is 2.27. The smallest absolute Gasteiger partial charge is 0.256 e. The van der Waals surface area contributed by atoms with E-state index < -0.39 is 6.10 Å². The molecule has 0 saturated carbocycles. The SMILES string of the molecule is COc1cc[nH]c1C=C1C(=O)Nc2cccc(C#CC(O)c3cccnc3)c21. The van der Waals surface area contributed by atoms with E-state index in [0.29, 0.717) is 39.4 Å². The first kappa shape index (κ1) is 17.6. The standard InChI is InChI=1S/C22H17N3O3/c1-28-20-9-11-24-18(20)12-16-21-14(4-2-6-17(21)25-22(16)27)7-8-19(26)15-5-3-10-23-13-15/h2-6,9-13,19,24,26H,1H3,(H,25,27). The Labute approximate surface area is 161 Å². The largest absolute Gasteiger partial charge is 0.495 e. The Morgan fingerprint density at radius 1 is 1.25 bits per heavy atom. The number of benzene rings is 1. The first-order chi connectivity index (χ1) is 13.7. The summed E-state index contributed by atoms with van der Waals surface area (Å²) in [5, 5.41) is 13.1. The molecule has 0 bridgehead atoms. The Morgan fingerprint density at radius 2 is 2.14 bits per heavy atom. The summed E-state index contributed by atoms with van der Waals surface area (Å²) < 4.78 is 5.30. The fraction of sp³-hybridized carbons (Fsp3) is 0.0909. The third kappa shape index (κ3) is 3.27. The molecule has 0 saturated heterocycles. The lowest BCUT2D eigenvalue weighted by molar-refractivity contribution is -0.110. The highest BCUT2D eigenvalue weighted by atomic mass is 16.5. The molecular formula is C22H17N3O3. The Balaban J connectivity index is 1.75. The molecule has 0 aliphatic carbocycles. The molecule has 0 spiro atoms. The Hall–Kier alpha value is -3.82. The number of nitrogens with zero attached hydrogens (tertiary/aromatic N) is 1. The highest BCUT2D eigenvalue weighted by molar-refractivity contribution is 6.35. The maximum atomic E-state index is 12.5. The summed E-state index contributed by atoms with van der Waals surface area (Å²) in [6.45, 7) is 0. The van der Waals surface area contributed by atoms with Crippen LogP contribution in [0.4, 0.5) is 5.69 Å². The number of fused-ring (bicyclic) bond motifs is 1. The van der Waals surface area contributed by atoms with E-state index >= 15 is 0 Å². The fourth-order valence-corrected chi connectivity index (χ4v) is 3.06. The van der Waals surface area contributed by atoms with Gasteiger partial charge in [-0.1, -0.05) is 24.0 Å². The molecule has 1 aromatic carbocycles. The van der Waals surface area contributed by atoms with Crippen molar-refractivity contribution < 1.29 is 14.6 Å². The number of amides is 1. The zero-order chi connectivity index (χ0) is 19.5. The molecule has 1 unspecified atom stereocenters. The minimum atomic E-state index is -0.967. The van der Waals surface area contributed by atoms with E-state index in [4.69, 9.17) is 4.74 Å². The van der Waals surface area contributed by atoms with Gasteiger partial charge < -0.3 is 20.1 Å². The third-order valence-corrected chi connectivity index (χ3v) is 4.42. The molecule has 6 heteroatoms. The molecule has 3 aromatic rings. The molecule has 2 aromatic heterocycles. The second kappa shape index (κ2) is 7.43. The van der Waals surface area contributed by atoms with Crippen LogP contribution in [0.3, 0.4) is 0 Å². The van der Waals surface area contributed by atoms with Crippen LogP contribution < -0.4 is 10.1 Å². The summed E-state index contributed by atoms with van der Waals surface area (Å²) in [5.41, 5.74) is 3.83. The summed E-state index contributed by atoms with van der Waals surface area (Å²) >= 11 is 0. The molecule has 28 heavy (non-hydrogen) atoms. The number of nitrogens with one attached hydrogen (secondary N) is 2. The van der Waals surface area contributed by atoms with Gasteiger partial charge in [0, 0.05) is 35.3 Å². The first-order valence-electron chi connectivity index (χ1n) is 8.64. The van der Waals surface area contributed by atoms with Gasteiger partial charge in [0.25, 0.3) is 5.91 Å². The molecular weight excluding hydrogens is 354 g/mol. The van der Waals surface area contributed by atoms with Gasteiger partial charge >= 0.3 is 0 Å². The number of aliphatic hydroxyl groups is 1. The van der Waals surface area contributed by atoms with Crippen LogP contribution in [0.2, 0.25) is 0 Å². The van der Waals surface area contributed by atoms with E-state index in [9.17, 15) is 9.90 Å². The maximum absolute atomic E-state index is 12.5. The number of pyridine rings is 1. The van der Waals surface area contributed by atoms with Crippen LogP contribution in [0.5, 0.6) is 5.75 Å². The minimum Gasteiger partial charge on any atom is -0.495 e. The first-order valence-corrected chi connectivity index (χ1v) is 8.64. The van der Waals surface area contributed by atoms with Crippen LogP contribution in [0.15, 0.2) is 55.0 Å². The fourth-order valence-electron chi connectivity index (χ4n) is 3.06. The summed E-state index contributed by atoms with van der Waals surface area (Å²) in [5.74, 6) is 6.26. The van der Waals surface area contributed by atoms with Gasteiger partial charge in [0.1, 0.15) is 11.9 Å². The number of aromatic nitrogens is 2. The number of carbonyl (C=O) groups is 1. The van der Waals surface area contributed by atoms with Crippen molar-refractivity contribution in [2.24, 2.45) is 0 Å². The highest BCUT2D eigenvalue weighted by Crippen LogP contribution is 2.36. The predicted molar refractivity (Wildman–Crippen MR) is 106 cm³/mol. The van der Waals surface area contributed by atoms with Crippen LogP contribution >= 0.6 is 0 Å². The third-order valence-electron chi connectivity index (χ3n) is 4.42. The van der Waals surface area contributed by atoms with Crippen LogP contribution in [-0.4, -0.2) is 28.1 Å². The topological polar surface area (TPSA) is 87.2 Å². The average Bonchev–Trinajstić information content (AvgIpc) is 3.31. The van der Waals surface area contributed by atoms with Gasteiger partial charge in [-0.3, -0.25) is 9.78 Å². The van der Waals surface area contributed by atoms with Gasteiger partial charge in [0.2, 0.25) is 0 Å². The van der Waals surface area contributed by atoms with Gasteiger partial charge in [0.15, 0.2) is 0 Å². The van der Waals surface area contributed by atoms with E-state index in [1.54, 1.807) is 50.0 Å². The van der Waals surface area contributed by atoms with E-state index in [1.165, 1.54) is 0 Å². The number of hydrogen-bond donors (Lipinski definition) is 3. The molecule has 1 aliphatic rings. The van der Waals surface area contributed by atoms with Crippen molar-refractivity contribution in [2.75, 3.05) is 12.4 Å². The quantitative estimate of drug-likeness (QED) is 0.488. The molecule has 1 atom stereocenters. The molecule has 0 fully saturated rings. The van der Waals surface area contributed by atoms with Crippen molar-refractivity contribution in [3.05, 3.63) is 77.4 Å². The molecule has 1 amide bonds. The van der Waals surface area contributed by atoms with Gasteiger partial charge in [-0.15, -0.1) is 0 Å². The van der Waals surface area contributed by atoms with Crippen molar-refractivity contribution in [2.45, 2.75) is 6.10 Å². The number of hydrogen-bond acceptors (Lipinski definition) is 4. The van der Waals surface area contributed by atoms with Crippen molar-refractivity contribution >= 4 is 23.2 Å². The van der Waals surface area contributed by atoms with E-state index in [2.05, 4.69) is 27.1 Å². The number of carbonyl (C=O) groups excluding carboxylic acids is 1. The van der Waals surface area contributed by atoms with Crippen molar-refractivity contribution in [3.8, 4) is 17.6 Å². The lowest BCUT2D eigenvalue weighted by atomic mass is 9.99. The van der Waals surface area contributed by atoms with Crippen molar-refractivity contribution in [1.29, 1.82) is 0 Å². The van der Waals surface area contributed by atoms with Gasteiger partial charge in [-0.2, -0.15) is 0 Å². The molecule has 0 radical (unpaired) electrons. The summed E-state index contributed by atoms with van der Waals surface area (Å²) in [4.78, 5) is 19.6. The van der Waals surface area contributed by atoms with Crippen molar-refractivity contribution in [1.82, 2.24) is 9.97 Å². The van der Waals surface area contributed by atoms with E-state index in [0.717, 1.165) is 0 Å². The van der Waals surface area contributed by atoms with Crippen LogP contribution in [0.1, 0.15) is 28.5 Å². The lowest BCUT2D eigenvalue weighted by Gasteiger charge is -2.04. The Kier molecular flexibility index (Phi) is 4.67. The molecule has 3 N–H and O–H groups in total. The average molecular weight is 371 g/mol. The second-order valence-corrected chi connectivity index (χ2v) is 6.16. The maximum Gasteiger partial charge on any atom is 0.256 e. The molecule has 4 rings (SSSR count). The van der Waals surface area contributed by atoms with E-state index in [1.807, 2.05) is 18.2 Å². The van der Waals surface area contributed by atoms with Gasteiger partial charge in [-0.05, 0) is 30.3 Å². The van der Waals surface area contributed by atoms with E-state index in [-0.39, 0.29) is 5.91 Å². The predicted octanol–water partition coefficient (Wildman–Crippen LogP) is 3.00. The minimum absolute atomic E-state index is 0.214. The molecule has 3 heterocycles. The number of H-pyrrole nitrogens is 1. The normalized spacial score (nSPS) is 14.8. The van der Waals surface area contributed by atoms with Crippen molar-refractivity contribution in [3.63, 3.8) is 0 Å². The lowest BCUT2D eigenvalue weighted by Crippen LogP contribution is -2.03. The zero-order valence-electron chi connectivity index (χ0n) is 15.1. The zero-order valence-corrected chi connectivity index (χ0v) is 15.1. The van der Waals surface area contributed by atoms with Gasteiger partial charge in [0.05, 0.1) is 24.1 Å². The Bertz CT molecular complexity index is 1120. The van der Waals surface area contributed by atoms with Crippen LogP contribution in [0, 0.1) is 11.8 Å². The number of anilines is 1. The van der Waals surface area contributed by atoms with Gasteiger partial charge in [-0.25, -0.2) is 0 Å². The molecule has 6 nitrogen and oxygen atoms in total. The molecule has 1 aliphatic heterocycles. The number of ether oxygens (including phenoxy) is 1. The van der Waals surface area contributed by atoms with Crippen LogP contribution in [-0.2, 0) is 4.79 Å². The number of aromatic amines is 1. The molecule has 138 valence electrons. The Morgan fingerprint density at radius 3 is 2.93 bits per heavy atom. The monoisotopic (exact) mass is 371 g/mol. The summed E-state index contributed by atoms with van der Waals surface area (Å²) in [6.07, 6.45) is 5.72. The summed E-state index contributed by atoms with van der Waals surface area (Å²) in [7, 11) is 1.57.